The lowest BCUT2D eigenvalue weighted by Crippen LogP contribution is -2.25. The van der Waals surface area contributed by atoms with Crippen molar-refractivity contribution in [3.05, 3.63) is 0 Å². The van der Waals surface area contributed by atoms with Crippen molar-refractivity contribution in [1.82, 2.24) is 5.32 Å². The van der Waals surface area contributed by atoms with Gasteiger partial charge in [0.2, 0.25) is 0 Å². The zero-order valence-electron chi connectivity index (χ0n) is 8.18. The van der Waals surface area contributed by atoms with Crippen LogP contribution in [0.25, 0.3) is 0 Å². The van der Waals surface area contributed by atoms with Crippen molar-refractivity contribution in [3.8, 4) is 0 Å². The monoisotopic (exact) mass is 175 g/mol. The minimum atomic E-state index is -0.249. The van der Waals surface area contributed by atoms with E-state index in [-0.39, 0.29) is 6.10 Å². The first-order chi connectivity index (χ1) is 5.77. The zero-order valence-corrected chi connectivity index (χ0v) is 8.18. The van der Waals surface area contributed by atoms with Crippen LogP contribution in [0, 0.1) is 0 Å². The van der Waals surface area contributed by atoms with Gasteiger partial charge in [-0.1, -0.05) is 6.92 Å². The van der Waals surface area contributed by atoms with Crippen molar-refractivity contribution in [1.29, 1.82) is 0 Å². The Balaban J connectivity index is 2.82. The average Bonchev–Trinajstić information content (AvgIpc) is 2.02. The van der Waals surface area contributed by atoms with Gasteiger partial charge in [0.05, 0.1) is 6.10 Å². The van der Waals surface area contributed by atoms with Crippen molar-refractivity contribution in [2.45, 2.75) is 32.8 Å². The molecule has 3 nitrogen and oxygen atoms in total. The molecule has 0 amide bonds. The number of rotatable bonds is 8. The molecule has 0 saturated carbocycles. The van der Waals surface area contributed by atoms with E-state index in [9.17, 15) is 0 Å². The van der Waals surface area contributed by atoms with Crippen LogP contribution in [0.4, 0.5) is 0 Å². The van der Waals surface area contributed by atoms with Crippen molar-refractivity contribution in [2.75, 3.05) is 26.3 Å². The second-order valence-electron chi connectivity index (χ2n) is 3.02. The van der Waals surface area contributed by atoms with Gasteiger partial charge in [-0.2, -0.15) is 0 Å². The van der Waals surface area contributed by atoms with Crippen LogP contribution in [0.3, 0.4) is 0 Å². The molecule has 0 aliphatic heterocycles. The van der Waals surface area contributed by atoms with Crippen LogP contribution in [0.5, 0.6) is 0 Å². The number of aliphatic hydroxyl groups is 1. The first-order valence-corrected chi connectivity index (χ1v) is 4.74. The molecule has 0 rings (SSSR count). The van der Waals surface area contributed by atoms with E-state index in [1.165, 1.54) is 0 Å². The van der Waals surface area contributed by atoms with Crippen molar-refractivity contribution >= 4 is 0 Å². The molecule has 0 aromatic rings. The first kappa shape index (κ1) is 11.9. The second kappa shape index (κ2) is 8.97. The summed E-state index contributed by atoms with van der Waals surface area (Å²) in [6, 6.07) is 0. The van der Waals surface area contributed by atoms with E-state index in [2.05, 4.69) is 12.2 Å². The molecule has 0 aromatic heterocycles. The summed E-state index contributed by atoms with van der Waals surface area (Å²) in [6.07, 6.45) is 1.86. The third-order valence-electron chi connectivity index (χ3n) is 1.43. The summed E-state index contributed by atoms with van der Waals surface area (Å²) in [7, 11) is 0. The van der Waals surface area contributed by atoms with Crippen molar-refractivity contribution in [2.24, 2.45) is 0 Å². The molecule has 0 radical (unpaired) electrons. The SMILES string of the molecule is CCCOCCCNC[C@H](C)O. The molecule has 0 aromatic carbocycles. The fourth-order valence-corrected chi connectivity index (χ4v) is 0.857. The molecule has 0 heterocycles. The Bertz CT molecular complexity index is 86.6. The number of nitrogens with one attached hydrogen (secondary N) is 1. The molecule has 3 heteroatoms. The second-order valence-corrected chi connectivity index (χ2v) is 3.02. The molecule has 1 atom stereocenters. The van der Waals surface area contributed by atoms with Gasteiger partial charge in [0.25, 0.3) is 0 Å². The normalized spacial score (nSPS) is 13.2. The fourth-order valence-electron chi connectivity index (χ4n) is 0.857. The Morgan fingerprint density at radius 3 is 2.75 bits per heavy atom. The maximum absolute atomic E-state index is 8.90. The standard InChI is InChI=1S/C9H21NO2/c1-3-6-12-7-4-5-10-8-9(2)11/h9-11H,3-8H2,1-2H3/t9-/m0/s1. The molecule has 12 heavy (non-hydrogen) atoms. The predicted octanol–water partition coefficient (Wildman–Crippen LogP) is 0.774. The van der Waals surface area contributed by atoms with E-state index in [4.69, 9.17) is 9.84 Å². The molecule has 0 aliphatic carbocycles. The average molecular weight is 175 g/mol. The highest BCUT2D eigenvalue weighted by molar-refractivity contribution is 4.52. The van der Waals surface area contributed by atoms with Gasteiger partial charge in [-0.15, -0.1) is 0 Å². The third-order valence-corrected chi connectivity index (χ3v) is 1.43. The fraction of sp³-hybridized carbons (Fsp3) is 1.00. The number of aliphatic hydroxyl groups excluding tert-OH is 1. The molecule has 2 N–H and O–H groups in total. The maximum atomic E-state index is 8.90. The van der Waals surface area contributed by atoms with E-state index in [1.807, 2.05) is 0 Å². The topological polar surface area (TPSA) is 41.5 Å². The highest BCUT2D eigenvalue weighted by Gasteiger charge is 1.93. The first-order valence-electron chi connectivity index (χ1n) is 4.74. The van der Waals surface area contributed by atoms with Crippen LogP contribution in [0.15, 0.2) is 0 Å². The highest BCUT2D eigenvalue weighted by atomic mass is 16.5. The Morgan fingerprint density at radius 2 is 2.17 bits per heavy atom. The molecule has 0 unspecified atom stereocenters. The minimum absolute atomic E-state index is 0.249. The summed E-state index contributed by atoms with van der Waals surface area (Å²) in [5.74, 6) is 0. The Hall–Kier alpha value is -0.120. The molecule has 74 valence electrons. The molecule has 0 fully saturated rings. The lowest BCUT2D eigenvalue weighted by Gasteiger charge is -2.06. The Kier molecular flexibility index (Phi) is 8.88. The van der Waals surface area contributed by atoms with Crippen LogP contribution >= 0.6 is 0 Å². The minimum Gasteiger partial charge on any atom is -0.392 e. The number of hydrogen-bond donors (Lipinski definition) is 2. The van der Waals surface area contributed by atoms with E-state index >= 15 is 0 Å². The van der Waals surface area contributed by atoms with Crippen LogP contribution in [0.2, 0.25) is 0 Å². The number of hydrogen-bond acceptors (Lipinski definition) is 3. The van der Waals surface area contributed by atoms with E-state index in [0.717, 1.165) is 32.6 Å². The van der Waals surface area contributed by atoms with Crippen LogP contribution in [0.1, 0.15) is 26.7 Å². The Morgan fingerprint density at radius 1 is 1.42 bits per heavy atom. The molecular weight excluding hydrogens is 154 g/mol. The number of ether oxygens (including phenoxy) is 1. The van der Waals surface area contributed by atoms with Gasteiger partial charge < -0.3 is 15.2 Å². The quantitative estimate of drug-likeness (QED) is 0.535. The zero-order chi connectivity index (χ0) is 9.23. The van der Waals surface area contributed by atoms with Gasteiger partial charge in [-0.05, 0) is 26.3 Å². The lowest BCUT2D eigenvalue weighted by atomic mass is 10.4. The molecular formula is C9H21NO2. The van der Waals surface area contributed by atoms with Crippen molar-refractivity contribution < 1.29 is 9.84 Å². The molecule has 0 saturated heterocycles. The summed E-state index contributed by atoms with van der Waals surface area (Å²) in [4.78, 5) is 0. The molecule has 0 aliphatic rings. The third kappa shape index (κ3) is 9.88. The Labute approximate surface area is 75.1 Å². The van der Waals surface area contributed by atoms with E-state index in [0.29, 0.717) is 6.54 Å². The van der Waals surface area contributed by atoms with Gasteiger partial charge in [0, 0.05) is 19.8 Å². The van der Waals surface area contributed by atoms with E-state index in [1.54, 1.807) is 6.92 Å². The predicted molar refractivity (Wildman–Crippen MR) is 50.3 cm³/mol. The van der Waals surface area contributed by atoms with Gasteiger partial charge in [-0.25, -0.2) is 0 Å². The van der Waals surface area contributed by atoms with Crippen molar-refractivity contribution in [3.63, 3.8) is 0 Å². The summed E-state index contributed by atoms with van der Waals surface area (Å²) in [6.45, 7) is 7.16. The smallest absolute Gasteiger partial charge is 0.0636 e. The van der Waals surface area contributed by atoms with Gasteiger partial charge in [0.1, 0.15) is 0 Å². The van der Waals surface area contributed by atoms with E-state index < -0.39 is 0 Å². The molecule has 0 bridgehead atoms. The maximum Gasteiger partial charge on any atom is 0.0636 e. The highest BCUT2D eigenvalue weighted by Crippen LogP contribution is 1.84. The summed E-state index contributed by atoms with van der Waals surface area (Å²) >= 11 is 0. The molecule has 0 spiro atoms. The van der Waals surface area contributed by atoms with Gasteiger partial charge in [-0.3, -0.25) is 0 Å². The van der Waals surface area contributed by atoms with Crippen LogP contribution in [-0.2, 0) is 4.74 Å². The lowest BCUT2D eigenvalue weighted by molar-refractivity contribution is 0.130. The summed E-state index contributed by atoms with van der Waals surface area (Å²) in [5, 5.41) is 12.0. The van der Waals surface area contributed by atoms with Gasteiger partial charge >= 0.3 is 0 Å². The summed E-state index contributed by atoms with van der Waals surface area (Å²) < 4.78 is 5.29. The van der Waals surface area contributed by atoms with Crippen LogP contribution in [-0.4, -0.2) is 37.5 Å². The summed E-state index contributed by atoms with van der Waals surface area (Å²) in [5.41, 5.74) is 0. The largest absolute Gasteiger partial charge is 0.392 e. The van der Waals surface area contributed by atoms with Crippen LogP contribution < -0.4 is 5.32 Å². The van der Waals surface area contributed by atoms with Gasteiger partial charge in [0.15, 0.2) is 0 Å².